The number of non-ortho nitro benzene ring substituents is 1. The molecule has 2 bridgehead atoms. The SMILES string of the molecule is O=C1c2c(c3ccc2o3)C(=O)N1c1ccc([N+](=O)[O-])c2ccccc12. The van der Waals surface area contributed by atoms with Crippen LogP contribution in [0, 0.1) is 10.1 Å². The summed E-state index contributed by atoms with van der Waals surface area (Å²) in [5.41, 5.74) is 1.50. The second-order valence-corrected chi connectivity index (χ2v) is 5.77. The summed E-state index contributed by atoms with van der Waals surface area (Å²) in [6.07, 6.45) is 0. The minimum atomic E-state index is -0.484. The molecule has 3 heterocycles. The molecule has 0 unspecified atom stereocenters. The Morgan fingerprint density at radius 3 is 2.04 bits per heavy atom. The number of nitro benzene ring substituents is 1. The molecule has 0 radical (unpaired) electrons. The van der Waals surface area contributed by atoms with Crippen molar-refractivity contribution in [2.75, 3.05) is 4.90 Å². The normalized spacial score (nSPS) is 14.0. The standard InChI is InChI=1S/C18H8N2O5/c21-17-15-13-7-8-14(25-13)16(15)18(22)19(17)11-5-6-12(20(23)24)10-4-2-1-3-9(10)11/h1-8H. The summed E-state index contributed by atoms with van der Waals surface area (Å²) in [4.78, 5) is 37.5. The smallest absolute Gasteiger partial charge is 0.277 e. The molecular weight excluding hydrogens is 324 g/mol. The first-order valence-electron chi connectivity index (χ1n) is 7.47. The zero-order valence-corrected chi connectivity index (χ0v) is 12.6. The number of nitrogens with zero attached hydrogens (tertiary/aromatic N) is 2. The quantitative estimate of drug-likeness (QED) is 0.317. The molecule has 7 nitrogen and oxygen atoms in total. The van der Waals surface area contributed by atoms with Crippen LogP contribution in [-0.2, 0) is 0 Å². The van der Waals surface area contributed by atoms with Crippen LogP contribution in [0.3, 0.4) is 0 Å². The maximum Gasteiger partial charge on any atom is 0.277 e. The second-order valence-electron chi connectivity index (χ2n) is 5.77. The number of benzene rings is 3. The zero-order valence-electron chi connectivity index (χ0n) is 12.6. The van der Waals surface area contributed by atoms with E-state index in [1.54, 1.807) is 36.4 Å². The van der Waals surface area contributed by atoms with E-state index in [2.05, 4.69) is 0 Å². The molecule has 0 saturated carbocycles. The zero-order chi connectivity index (χ0) is 17.3. The molecule has 5 rings (SSSR count). The van der Waals surface area contributed by atoms with Crippen LogP contribution in [0.1, 0.15) is 20.7 Å². The van der Waals surface area contributed by atoms with E-state index in [0.717, 1.165) is 4.90 Å². The first-order valence-corrected chi connectivity index (χ1v) is 7.47. The molecule has 0 aliphatic carbocycles. The summed E-state index contributed by atoms with van der Waals surface area (Å²) in [6, 6.07) is 12.7. The number of fused-ring (bicyclic) bond motifs is 6. The summed E-state index contributed by atoms with van der Waals surface area (Å²) in [5.74, 6) is -0.957. The van der Waals surface area contributed by atoms with Crippen molar-refractivity contribution in [3.63, 3.8) is 0 Å². The van der Waals surface area contributed by atoms with Crippen molar-refractivity contribution < 1.29 is 18.9 Å². The molecule has 120 valence electrons. The summed E-state index contributed by atoms with van der Waals surface area (Å²) < 4.78 is 5.39. The third-order valence-corrected chi connectivity index (χ3v) is 4.50. The number of anilines is 1. The Bertz CT molecular complexity index is 1180. The molecule has 0 N–H and O–H groups in total. The topological polar surface area (TPSA) is 93.7 Å². The Hall–Kier alpha value is -3.74. The molecule has 0 fully saturated rings. The van der Waals surface area contributed by atoms with Crippen molar-refractivity contribution in [2.24, 2.45) is 0 Å². The van der Waals surface area contributed by atoms with Crippen molar-refractivity contribution in [2.45, 2.75) is 0 Å². The molecule has 7 heteroatoms. The van der Waals surface area contributed by atoms with E-state index < -0.39 is 16.7 Å². The molecule has 0 saturated heterocycles. The molecule has 0 spiro atoms. The van der Waals surface area contributed by atoms with Gasteiger partial charge in [0, 0.05) is 11.5 Å². The second kappa shape index (κ2) is 4.41. The van der Waals surface area contributed by atoms with Crippen molar-refractivity contribution in [3.8, 4) is 0 Å². The summed E-state index contributed by atoms with van der Waals surface area (Å²) in [5, 5.41) is 12.1. The highest BCUT2D eigenvalue weighted by Crippen LogP contribution is 2.41. The highest BCUT2D eigenvalue weighted by atomic mass is 16.6. The van der Waals surface area contributed by atoms with Gasteiger partial charge in [-0.2, -0.15) is 0 Å². The Kier molecular flexibility index (Phi) is 2.42. The average Bonchev–Trinajstić information content (AvgIpc) is 3.28. The number of carbonyl (C=O) groups excluding carboxylic acids is 2. The van der Waals surface area contributed by atoms with Crippen molar-refractivity contribution in [1.29, 1.82) is 0 Å². The van der Waals surface area contributed by atoms with Gasteiger partial charge in [-0.15, -0.1) is 0 Å². The monoisotopic (exact) mass is 332 g/mol. The summed E-state index contributed by atoms with van der Waals surface area (Å²) in [7, 11) is 0. The molecule has 1 aliphatic rings. The lowest BCUT2D eigenvalue weighted by Crippen LogP contribution is -2.29. The number of furan rings is 2. The minimum absolute atomic E-state index is 0.0761. The first-order chi connectivity index (χ1) is 12.1. The van der Waals surface area contributed by atoms with Crippen LogP contribution in [0.5, 0.6) is 0 Å². The van der Waals surface area contributed by atoms with Crippen molar-refractivity contribution in [3.05, 3.63) is 69.8 Å². The number of rotatable bonds is 2. The molecular formula is C18H8N2O5. The molecule has 2 aromatic heterocycles. The van der Waals surface area contributed by atoms with Gasteiger partial charge in [0.05, 0.1) is 27.1 Å². The lowest BCUT2D eigenvalue weighted by molar-refractivity contribution is -0.383. The number of hydrogen-bond acceptors (Lipinski definition) is 5. The number of imide groups is 1. The molecule has 0 atom stereocenters. The van der Waals surface area contributed by atoms with Crippen LogP contribution in [0.4, 0.5) is 11.4 Å². The highest BCUT2D eigenvalue weighted by molar-refractivity contribution is 6.40. The van der Waals surface area contributed by atoms with E-state index in [1.807, 2.05) is 0 Å². The number of hydrogen-bond donors (Lipinski definition) is 0. The van der Waals surface area contributed by atoms with Gasteiger partial charge in [-0.1, -0.05) is 18.2 Å². The van der Waals surface area contributed by atoms with Crippen LogP contribution in [-0.4, -0.2) is 16.7 Å². The summed E-state index contributed by atoms with van der Waals surface area (Å²) >= 11 is 0. The Morgan fingerprint density at radius 2 is 1.44 bits per heavy atom. The largest absolute Gasteiger partial charge is 0.456 e. The fourth-order valence-electron chi connectivity index (χ4n) is 3.43. The van der Waals surface area contributed by atoms with E-state index >= 15 is 0 Å². The van der Waals surface area contributed by atoms with Gasteiger partial charge in [0.15, 0.2) is 0 Å². The lowest BCUT2D eigenvalue weighted by atomic mass is 10.1. The number of carbonyl (C=O) groups is 2. The molecule has 2 amide bonds. The Balaban J connectivity index is 1.77. The number of nitro groups is 1. The van der Waals surface area contributed by atoms with Gasteiger partial charge in [-0.05, 0) is 24.3 Å². The van der Waals surface area contributed by atoms with Crippen LogP contribution >= 0.6 is 0 Å². The van der Waals surface area contributed by atoms with E-state index in [4.69, 9.17) is 4.42 Å². The van der Waals surface area contributed by atoms with Crippen LogP contribution in [0.15, 0.2) is 52.9 Å². The van der Waals surface area contributed by atoms with Crippen molar-refractivity contribution in [1.82, 2.24) is 0 Å². The molecule has 4 aromatic rings. The maximum absolute atomic E-state index is 12.8. The Labute approximate surface area is 139 Å². The van der Waals surface area contributed by atoms with Gasteiger partial charge in [-0.25, -0.2) is 4.90 Å². The predicted octanol–water partition coefficient (Wildman–Crippen LogP) is 3.73. The summed E-state index contributed by atoms with van der Waals surface area (Å²) in [6.45, 7) is 0. The van der Waals surface area contributed by atoms with Gasteiger partial charge < -0.3 is 4.42 Å². The van der Waals surface area contributed by atoms with Gasteiger partial charge in [0.1, 0.15) is 11.2 Å². The lowest BCUT2D eigenvalue weighted by Gasteiger charge is -2.16. The first kappa shape index (κ1) is 13.7. The fraction of sp³-hybridized carbons (Fsp3) is 0. The molecule has 1 aliphatic heterocycles. The fourth-order valence-corrected chi connectivity index (χ4v) is 3.43. The number of amides is 2. The molecule has 2 aromatic carbocycles. The van der Waals surface area contributed by atoms with Crippen LogP contribution < -0.4 is 4.90 Å². The average molecular weight is 332 g/mol. The van der Waals surface area contributed by atoms with E-state index in [9.17, 15) is 19.7 Å². The maximum atomic E-state index is 12.8. The van der Waals surface area contributed by atoms with Gasteiger partial charge in [0.2, 0.25) is 0 Å². The Morgan fingerprint density at radius 1 is 0.840 bits per heavy atom. The van der Waals surface area contributed by atoms with Gasteiger partial charge in [0.25, 0.3) is 17.5 Å². The van der Waals surface area contributed by atoms with E-state index in [0.29, 0.717) is 27.6 Å². The van der Waals surface area contributed by atoms with Crippen LogP contribution in [0.25, 0.3) is 21.9 Å². The van der Waals surface area contributed by atoms with Gasteiger partial charge in [-0.3, -0.25) is 19.7 Å². The van der Waals surface area contributed by atoms with Crippen LogP contribution in [0.2, 0.25) is 0 Å². The minimum Gasteiger partial charge on any atom is -0.456 e. The third kappa shape index (κ3) is 1.59. The predicted molar refractivity (Wildman–Crippen MR) is 89.1 cm³/mol. The van der Waals surface area contributed by atoms with E-state index in [1.165, 1.54) is 12.1 Å². The highest BCUT2D eigenvalue weighted by Gasteiger charge is 2.43. The van der Waals surface area contributed by atoms with E-state index in [-0.39, 0.29) is 16.8 Å². The molecule has 25 heavy (non-hydrogen) atoms. The van der Waals surface area contributed by atoms with Crippen molar-refractivity contribution >= 4 is 45.1 Å². The van der Waals surface area contributed by atoms with Gasteiger partial charge >= 0.3 is 0 Å². The third-order valence-electron chi connectivity index (χ3n) is 4.50.